The van der Waals surface area contributed by atoms with E-state index in [4.69, 9.17) is 0 Å². The van der Waals surface area contributed by atoms with Gasteiger partial charge in [0.05, 0.1) is 5.69 Å². The molecule has 4 aromatic rings. The normalized spacial score (nSPS) is 12.3. The molecule has 1 heterocycles. The summed E-state index contributed by atoms with van der Waals surface area (Å²) in [5.74, 6) is -0.347. The molecule has 1 unspecified atom stereocenters. The summed E-state index contributed by atoms with van der Waals surface area (Å²) >= 11 is 3.61. The number of halogens is 1. The number of para-hydroxylation sites is 2. The summed E-state index contributed by atoms with van der Waals surface area (Å²) < 4.78 is 0.755. The highest BCUT2D eigenvalue weighted by Gasteiger charge is 2.35. The van der Waals surface area contributed by atoms with E-state index >= 15 is 0 Å². The molecule has 0 aliphatic rings. The smallest absolute Gasteiger partial charge is 0.248 e. The number of rotatable bonds is 7. The molecule has 180 valence electrons. The van der Waals surface area contributed by atoms with E-state index in [1.54, 1.807) is 4.90 Å². The van der Waals surface area contributed by atoms with Gasteiger partial charge in [0, 0.05) is 33.5 Å². The van der Waals surface area contributed by atoms with Crippen LogP contribution in [0.3, 0.4) is 0 Å². The molecule has 0 aliphatic heterocycles. The number of fused-ring (bicyclic) bond motifs is 1. The number of anilines is 1. The third-order valence-electron chi connectivity index (χ3n) is 5.78. The number of hydrogen-bond donors (Lipinski definition) is 2. The lowest BCUT2D eigenvalue weighted by atomic mass is 9.99. The number of carbonyl (C=O) groups excluding carboxylic acids is 2. The molecule has 0 fully saturated rings. The summed E-state index contributed by atoms with van der Waals surface area (Å²) in [6, 6.07) is 24.3. The Labute approximate surface area is 214 Å². The van der Waals surface area contributed by atoms with Crippen LogP contribution in [0.1, 0.15) is 44.4 Å². The summed E-state index contributed by atoms with van der Waals surface area (Å²) in [5, 5.41) is 4.19. The molecular formula is C29H30BrN3O2. The van der Waals surface area contributed by atoms with Crippen LogP contribution in [0.5, 0.6) is 0 Å². The van der Waals surface area contributed by atoms with Crippen molar-refractivity contribution >= 4 is 44.3 Å². The van der Waals surface area contributed by atoms with Crippen molar-refractivity contribution in [2.75, 3.05) is 4.90 Å². The highest BCUT2D eigenvalue weighted by molar-refractivity contribution is 9.10. The van der Waals surface area contributed by atoms with Gasteiger partial charge >= 0.3 is 0 Å². The lowest BCUT2D eigenvalue weighted by molar-refractivity contribution is -0.127. The Kier molecular flexibility index (Phi) is 7.41. The Hall–Kier alpha value is -3.38. The Morgan fingerprint density at radius 1 is 0.943 bits per heavy atom. The molecule has 0 radical (unpaired) electrons. The summed E-state index contributed by atoms with van der Waals surface area (Å²) in [6.07, 6.45) is 2.78. The minimum atomic E-state index is -0.815. The van der Waals surface area contributed by atoms with Gasteiger partial charge in [-0.25, -0.2) is 0 Å². The minimum Gasteiger partial charge on any atom is -0.361 e. The highest BCUT2D eigenvalue weighted by atomic mass is 79.9. The SMILES string of the molecule is CC(C)(C)NC(=O)C(c1ccccc1)N(C(=O)CCc1c[nH]c2ccccc12)c1ccccc1Br. The lowest BCUT2D eigenvalue weighted by Gasteiger charge is -2.34. The summed E-state index contributed by atoms with van der Waals surface area (Å²) in [6.45, 7) is 5.82. The lowest BCUT2D eigenvalue weighted by Crippen LogP contribution is -2.49. The first-order valence-electron chi connectivity index (χ1n) is 11.7. The standard InChI is InChI=1S/C29H30BrN3O2/c1-29(2,3)32-28(35)27(20-11-5-4-6-12-20)33(25-16-10-8-14-23(25)30)26(34)18-17-21-19-31-24-15-9-7-13-22(21)24/h4-16,19,27,31H,17-18H2,1-3H3,(H,32,35). The van der Waals surface area contributed by atoms with Crippen molar-refractivity contribution in [3.63, 3.8) is 0 Å². The van der Waals surface area contributed by atoms with Crippen LogP contribution in [0.2, 0.25) is 0 Å². The van der Waals surface area contributed by atoms with Crippen molar-refractivity contribution in [1.29, 1.82) is 0 Å². The van der Waals surface area contributed by atoms with Gasteiger partial charge in [0.15, 0.2) is 0 Å². The van der Waals surface area contributed by atoms with Crippen molar-refractivity contribution in [2.45, 2.75) is 45.2 Å². The predicted molar refractivity (Wildman–Crippen MR) is 145 cm³/mol. The van der Waals surface area contributed by atoms with Gasteiger partial charge in [0.2, 0.25) is 11.8 Å². The number of aromatic nitrogens is 1. The molecule has 0 spiro atoms. The molecule has 6 heteroatoms. The van der Waals surface area contributed by atoms with E-state index in [1.165, 1.54) is 0 Å². The largest absolute Gasteiger partial charge is 0.361 e. The molecule has 5 nitrogen and oxygen atoms in total. The second-order valence-electron chi connectivity index (χ2n) is 9.63. The molecule has 2 amide bonds. The molecule has 0 aliphatic carbocycles. The van der Waals surface area contributed by atoms with Crippen molar-refractivity contribution < 1.29 is 9.59 Å². The average Bonchev–Trinajstić information content (AvgIpc) is 3.24. The van der Waals surface area contributed by atoms with Crippen molar-refractivity contribution in [3.05, 3.63) is 101 Å². The third-order valence-corrected chi connectivity index (χ3v) is 6.45. The summed E-state index contributed by atoms with van der Waals surface area (Å²) in [5.41, 5.74) is 3.09. The first-order chi connectivity index (χ1) is 16.7. The Morgan fingerprint density at radius 2 is 1.60 bits per heavy atom. The van der Waals surface area contributed by atoms with Crippen LogP contribution in [0.15, 0.2) is 89.5 Å². The fourth-order valence-corrected chi connectivity index (χ4v) is 4.73. The third kappa shape index (κ3) is 5.82. The van der Waals surface area contributed by atoms with Crippen LogP contribution in [-0.2, 0) is 16.0 Å². The van der Waals surface area contributed by atoms with Gasteiger partial charge in [-0.1, -0.05) is 60.7 Å². The molecule has 35 heavy (non-hydrogen) atoms. The fraction of sp³-hybridized carbons (Fsp3) is 0.241. The maximum absolute atomic E-state index is 13.9. The molecule has 1 aromatic heterocycles. The van der Waals surface area contributed by atoms with Crippen LogP contribution in [0, 0.1) is 0 Å². The van der Waals surface area contributed by atoms with Gasteiger partial charge in [-0.2, -0.15) is 0 Å². The zero-order valence-corrected chi connectivity index (χ0v) is 21.8. The number of carbonyl (C=O) groups is 2. The van der Waals surface area contributed by atoms with Gasteiger partial charge in [0.25, 0.3) is 0 Å². The van der Waals surface area contributed by atoms with Crippen molar-refractivity contribution in [1.82, 2.24) is 10.3 Å². The summed E-state index contributed by atoms with van der Waals surface area (Å²) in [4.78, 5) is 32.5. The second kappa shape index (κ2) is 10.5. The minimum absolute atomic E-state index is 0.125. The van der Waals surface area contributed by atoms with Crippen molar-refractivity contribution in [3.8, 4) is 0 Å². The van der Waals surface area contributed by atoms with E-state index in [0.29, 0.717) is 12.1 Å². The van der Waals surface area contributed by atoms with Gasteiger partial charge in [-0.15, -0.1) is 0 Å². The molecule has 2 N–H and O–H groups in total. The molecule has 0 bridgehead atoms. The van der Waals surface area contributed by atoms with E-state index in [1.807, 2.05) is 99.8 Å². The van der Waals surface area contributed by atoms with E-state index in [9.17, 15) is 9.59 Å². The molecule has 3 aromatic carbocycles. The predicted octanol–water partition coefficient (Wildman–Crippen LogP) is 6.55. The number of nitrogens with zero attached hydrogens (tertiary/aromatic N) is 1. The first kappa shape index (κ1) is 24.7. The van der Waals surface area contributed by atoms with Crippen LogP contribution in [0.4, 0.5) is 5.69 Å². The van der Waals surface area contributed by atoms with Crippen molar-refractivity contribution in [2.24, 2.45) is 0 Å². The molecule has 4 rings (SSSR count). The maximum atomic E-state index is 13.9. The van der Waals surface area contributed by atoms with Gasteiger partial charge < -0.3 is 10.3 Å². The Morgan fingerprint density at radius 3 is 2.31 bits per heavy atom. The first-order valence-corrected chi connectivity index (χ1v) is 12.5. The Balaban J connectivity index is 1.73. The highest BCUT2D eigenvalue weighted by Crippen LogP contribution is 2.34. The van der Waals surface area contributed by atoms with Crippen LogP contribution in [0.25, 0.3) is 10.9 Å². The number of amides is 2. The van der Waals surface area contributed by atoms with Gasteiger partial charge in [0.1, 0.15) is 6.04 Å². The fourth-order valence-electron chi connectivity index (χ4n) is 4.26. The monoisotopic (exact) mass is 531 g/mol. The number of aromatic amines is 1. The number of hydrogen-bond acceptors (Lipinski definition) is 2. The molecular weight excluding hydrogens is 502 g/mol. The van der Waals surface area contributed by atoms with Gasteiger partial charge in [-0.05, 0) is 72.4 Å². The van der Waals surface area contributed by atoms with E-state index in [0.717, 1.165) is 26.5 Å². The van der Waals surface area contributed by atoms with Crippen LogP contribution < -0.4 is 10.2 Å². The number of benzene rings is 3. The molecule has 0 saturated heterocycles. The van der Waals surface area contributed by atoms with Gasteiger partial charge in [-0.3, -0.25) is 14.5 Å². The van der Waals surface area contributed by atoms with E-state index in [-0.39, 0.29) is 18.2 Å². The maximum Gasteiger partial charge on any atom is 0.248 e. The van der Waals surface area contributed by atoms with E-state index in [2.05, 4.69) is 32.3 Å². The quantitative estimate of drug-likeness (QED) is 0.284. The zero-order chi connectivity index (χ0) is 25.0. The molecule has 0 saturated carbocycles. The number of aryl methyl sites for hydroxylation is 1. The topological polar surface area (TPSA) is 65.2 Å². The number of H-pyrrole nitrogens is 1. The van der Waals surface area contributed by atoms with Crippen LogP contribution in [-0.4, -0.2) is 22.3 Å². The molecule has 1 atom stereocenters. The van der Waals surface area contributed by atoms with Crippen LogP contribution >= 0.6 is 15.9 Å². The number of nitrogens with one attached hydrogen (secondary N) is 2. The van der Waals surface area contributed by atoms with E-state index < -0.39 is 11.6 Å². The summed E-state index contributed by atoms with van der Waals surface area (Å²) in [7, 11) is 0. The zero-order valence-electron chi connectivity index (χ0n) is 20.2. The Bertz CT molecular complexity index is 1320. The second-order valence-corrected chi connectivity index (χ2v) is 10.5. The average molecular weight is 532 g/mol.